The van der Waals surface area contributed by atoms with Gasteiger partial charge in [0.1, 0.15) is 0 Å². The van der Waals surface area contributed by atoms with Gasteiger partial charge >= 0.3 is 0 Å². The number of hydrogen-bond acceptors (Lipinski definition) is 2. The van der Waals surface area contributed by atoms with Crippen LogP contribution in [0.15, 0.2) is 24.4 Å². The minimum Gasteiger partial charge on any atom is -0.317 e. The molecule has 84 valence electrons. The molecule has 1 N–H and O–H groups in total. The lowest BCUT2D eigenvalue weighted by Gasteiger charge is -2.24. The van der Waals surface area contributed by atoms with E-state index in [2.05, 4.69) is 43.2 Å². The molecule has 0 aliphatic rings. The van der Waals surface area contributed by atoms with Crippen LogP contribution in [0.25, 0.3) is 0 Å². The first-order valence-electron chi connectivity index (χ1n) is 5.75. The summed E-state index contributed by atoms with van der Waals surface area (Å²) >= 11 is 0. The Morgan fingerprint density at radius 2 is 2.13 bits per heavy atom. The zero-order valence-electron chi connectivity index (χ0n) is 10.1. The maximum Gasteiger partial charge on any atom is 0.0408 e. The van der Waals surface area contributed by atoms with Gasteiger partial charge in [-0.15, -0.1) is 0 Å². The van der Waals surface area contributed by atoms with Gasteiger partial charge in [0.2, 0.25) is 0 Å². The average Bonchev–Trinajstić information content (AvgIpc) is 2.18. The van der Waals surface area contributed by atoms with Gasteiger partial charge < -0.3 is 5.32 Å². The van der Waals surface area contributed by atoms with E-state index < -0.39 is 0 Å². The third-order valence-corrected chi connectivity index (χ3v) is 2.61. The lowest BCUT2D eigenvalue weighted by atomic mass is 9.84. The summed E-state index contributed by atoms with van der Waals surface area (Å²) in [4.78, 5) is 4.37. The second-order valence-electron chi connectivity index (χ2n) is 4.77. The zero-order valence-corrected chi connectivity index (χ0v) is 10.1. The number of hydrogen-bond donors (Lipinski definition) is 1. The molecule has 0 fully saturated rings. The Kier molecular flexibility index (Phi) is 4.76. The summed E-state index contributed by atoms with van der Waals surface area (Å²) in [5.41, 5.74) is 1.52. The number of nitrogens with zero attached hydrogens (tertiary/aromatic N) is 1. The van der Waals surface area contributed by atoms with Crippen molar-refractivity contribution >= 4 is 0 Å². The lowest BCUT2D eigenvalue weighted by molar-refractivity contribution is 0.323. The maximum absolute atomic E-state index is 4.37. The van der Waals surface area contributed by atoms with Gasteiger partial charge in [-0.1, -0.05) is 26.8 Å². The Morgan fingerprint density at radius 3 is 2.73 bits per heavy atom. The molecule has 2 nitrogen and oxygen atoms in total. The average molecular weight is 206 g/mol. The monoisotopic (exact) mass is 206 g/mol. The molecule has 0 saturated heterocycles. The highest BCUT2D eigenvalue weighted by atomic mass is 14.8. The molecule has 2 heteroatoms. The van der Waals surface area contributed by atoms with Crippen LogP contribution in [0.4, 0.5) is 0 Å². The lowest BCUT2D eigenvalue weighted by Crippen LogP contribution is -2.24. The van der Waals surface area contributed by atoms with Crippen LogP contribution in [-0.4, -0.2) is 18.1 Å². The van der Waals surface area contributed by atoms with Gasteiger partial charge in [0, 0.05) is 11.9 Å². The molecular formula is C13H22N2. The largest absolute Gasteiger partial charge is 0.317 e. The van der Waals surface area contributed by atoms with E-state index >= 15 is 0 Å². The molecule has 0 bridgehead atoms. The third kappa shape index (κ3) is 4.93. The highest BCUT2D eigenvalue weighted by Crippen LogP contribution is 2.24. The summed E-state index contributed by atoms with van der Waals surface area (Å²) < 4.78 is 0. The standard InChI is InChI=1S/C13H22N2/c1-4-14-10-8-13(2,3)11-12-7-5-6-9-15-12/h5-7,9,14H,4,8,10-11H2,1-3H3. The summed E-state index contributed by atoms with van der Waals surface area (Å²) in [5.74, 6) is 0. The summed E-state index contributed by atoms with van der Waals surface area (Å²) in [7, 11) is 0. The van der Waals surface area contributed by atoms with E-state index in [9.17, 15) is 0 Å². The van der Waals surface area contributed by atoms with Crippen LogP contribution < -0.4 is 5.32 Å². The van der Waals surface area contributed by atoms with Crippen LogP contribution >= 0.6 is 0 Å². The Bertz CT molecular complexity index is 267. The summed E-state index contributed by atoms with van der Waals surface area (Å²) in [5, 5.41) is 3.37. The molecule has 1 aromatic rings. The van der Waals surface area contributed by atoms with Gasteiger partial charge in [-0.2, -0.15) is 0 Å². The minimum absolute atomic E-state index is 0.330. The van der Waals surface area contributed by atoms with Crippen molar-refractivity contribution in [2.75, 3.05) is 13.1 Å². The Labute approximate surface area is 93.1 Å². The fourth-order valence-electron chi connectivity index (χ4n) is 1.68. The van der Waals surface area contributed by atoms with Crippen LogP contribution in [0, 0.1) is 5.41 Å². The molecule has 15 heavy (non-hydrogen) atoms. The molecule has 1 aromatic heterocycles. The van der Waals surface area contributed by atoms with Gasteiger partial charge in [0.05, 0.1) is 0 Å². The van der Waals surface area contributed by atoms with Crippen LogP contribution in [0.3, 0.4) is 0 Å². The van der Waals surface area contributed by atoms with Crippen LogP contribution in [0.5, 0.6) is 0 Å². The van der Waals surface area contributed by atoms with E-state index in [1.54, 1.807) is 0 Å². The normalized spacial score (nSPS) is 11.7. The van der Waals surface area contributed by atoms with Crippen molar-refractivity contribution in [3.8, 4) is 0 Å². The van der Waals surface area contributed by atoms with Crippen molar-refractivity contribution in [3.05, 3.63) is 30.1 Å². The number of aromatic nitrogens is 1. The van der Waals surface area contributed by atoms with Gasteiger partial charge in [0.15, 0.2) is 0 Å². The highest BCUT2D eigenvalue weighted by Gasteiger charge is 2.18. The summed E-state index contributed by atoms with van der Waals surface area (Å²) in [6.45, 7) is 8.90. The fourth-order valence-corrected chi connectivity index (χ4v) is 1.68. The van der Waals surface area contributed by atoms with Crippen molar-refractivity contribution in [2.45, 2.75) is 33.6 Å². The van der Waals surface area contributed by atoms with Gasteiger partial charge in [0.25, 0.3) is 0 Å². The second-order valence-corrected chi connectivity index (χ2v) is 4.77. The van der Waals surface area contributed by atoms with E-state index in [0.29, 0.717) is 5.41 Å². The molecule has 1 rings (SSSR count). The Balaban J connectivity index is 2.42. The number of rotatable bonds is 6. The van der Waals surface area contributed by atoms with Crippen LogP contribution in [0.1, 0.15) is 32.9 Å². The molecule has 0 amide bonds. The molecule has 0 aliphatic heterocycles. The van der Waals surface area contributed by atoms with E-state index in [1.165, 1.54) is 12.1 Å². The van der Waals surface area contributed by atoms with E-state index in [4.69, 9.17) is 0 Å². The Hall–Kier alpha value is -0.890. The zero-order chi connectivity index (χ0) is 11.1. The fraction of sp³-hybridized carbons (Fsp3) is 0.615. The predicted molar refractivity (Wildman–Crippen MR) is 64.9 cm³/mol. The summed E-state index contributed by atoms with van der Waals surface area (Å²) in [6, 6.07) is 6.13. The molecule has 0 aliphatic carbocycles. The molecule has 0 unspecified atom stereocenters. The van der Waals surface area contributed by atoms with Crippen LogP contribution in [0.2, 0.25) is 0 Å². The molecule has 0 spiro atoms. The molecule has 1 heterocycles. The predicted octanol–water partition coefficient (Wildman–Crippen LogP) is 2.65. The molecule has 0 saturated carbocycles. The van der Waals surface area contributed by atoms with Crippen molar-refractivity contribution in [3.63, 3.8) is 0 Å². The van der Waals surface area contributed by atoms with Gasteiger partial charge in [-0.05, 0) is 43.5 Å². The van der Waals surface area contributed by atoms with Gasteiger partial charge in [-0.25, -0.2) is 0 Å². The molecule has 0 aromatic carbocycles. The van der Waals surface area contributed by atoms with E-state index in [1.807, 2.05) is 12.3 Å². The maximum atomic E-state index is 4.37. The van der Waals surface area contributed by atoms with Crippen molar-refractivity contribution in [1.29, 1.82) is 0 Å². The third-order valence-electron chi connectivity index (χ3n) is 2.61. The number of pyridine rings is 1. The first-order chi connectivity index (χ1) is 7.14. The minimum atomic E-state index is 0.330. The smallest absolute Gasteiger partial charge is 0.0408 e. The summed E-state index contributed by atoms with van der Waals surface area (Å²) in [6.07, 6.45) is 4.12. The van der Waals surface area contributed by atoms with E-state index in [-0.39, 0.29) is 0 Å². The Morgan fingerprint density at radius 1 is 1.33 bits per heavy atom. The molecule has 0 radical (unpaired) electrons. The first kappa shape index (κ1) is 12.2. The van der Waals surface area contributed by atoms with Crippen molar-refractivity contribution in [1.82, 2.24) is 10.3 Å². The first-order valence-corrected chi connectivity index (χ1v) is 5.75. The second kappa shape index (κ2) is 5.86. The quantitative estimate of drug-likeness (QED) is 0.724. The SMILES string of the molecule is CCNCCC(C)(C)Cc1ccccn1. The highest BCUT2D eigenvalue weighted by molar-refractivity contribution is 5.05. The number of nitrogens with one attached hydrogen (secondary N) is 1. The topological polar surface area (TPSA) is 24.9 Å². The van der Waals surface area contributed by atoms with Crippen molar-refractivity contribution in [2.24, 2.45) is 5.41 Å². The molecule has 0 atom stereocenters. The van der Waals surface area contributed by atoms with E-state index in [0.717, 1.165) is 19.5 Å². The van der Waals surface area contributed by atoms with Crippen molar-refractivity contribution < 1.29 is 0 Å². The molecular weight excluding hydrogens is 184 g/mol. The van der Waals surface area contributed by atoms with Crippen LogP contribution in [-0.2, 0) is 6.42 Å². The van der Waals surface area contributed by atoms with Gasteiger partial charge in [-0.3, -0.25) is 4.98 Å².